The van der Waals surface area contributed by atoms with E-state index in [1.165, 1.54) is 0 Å². The van der Waals surface area contributed by atoms with Crippen LogP contribution in [-0.4, -0.2) is 24.5 Å². The average molecular weight is 241 g/mol. The molecule has 0 aliphatic carbocycles. The third-order valence-electron chi connectivity index (χ3n) is 2.81. The lowest BCUT2D eigenvalue weighted by Gasteiger charge is -2.27. The van der Waals surface area contributed by atoms with Crippen LogP contribution in [0.5, 0.6) is 0 Å². The van der Waals surface area contributed by atoms with E-state index < -0.39 is 0 Å². The zero-order valence-corrected chi connectivity index (χ0v) is 10.4. The van der Waals surface area contributed by atoms with Crippen LogP contribution in [0.25, 0.3) is 0 Å². The van der Waals surface area contributed by atoms with Crippen molar-refractivity contribution >= 4 is 11.8 Å². The minimum atomic E-state index is 0.110. The van der Waals surface area contributed by atoms with Gasteiger partial charge in [-0.05, 0) is 31.9 Å². The fraction of sp³-hybridized carbons (Fsp3) is 0.667. The Hall–Kier alpha value is -0.450. The maximum absolute atomic E-state index is 6.03. The summed E-state index contributed by atoms with van der Waals surface area (Å²) in [4.78, 5) is 0. The molecule has 4 heteroatoms. The molecule has 0 spiro atoms. The van der Waals surface area contributed by atoms with Gasteiger partial charge in [0.05, 0.1) is 11.5 Å². The Labute approximate surface area is 101 Å². The molecule has 1 aliphatic rings. The molecule has 2 atom stereocenters. The molecule has 0 bridgehead atoms. The molecule has 16 heavy (non-hydrogen) atoms. The lowest BCUT2D eigenvalue weighted by molar-refractivity contribution is 0.0999. The van der Waals surface area contributed by atoms with Crippen molar-refractivity contribution in [1.29, 1.82) is 0 Å². The van der Waals surface area contributed by atoms with E-state index in [1.54, 1.807) is 6.26 Å². The SMILES string of the molecule is CC(N)C(SC1CCOCC1)c1ccco1. The topological polar surface area (TPSA) is 48.4 Å². The molecular formula is C12H19NO2S. The van der Waals surface area contributed by atoms with E-state index in [0.29, 0.717) is 5.25 Å². The zero-order chi connectivity index (χ0) is 11.4. The smallest absolute Gasteiger partial charge is 0.118 e. The van der Waals surface area contributed by atoms with Crippen LogP contribution >= 0.6 is 11.8 Å². The first-order chi connectivity index (χ1) is 7.77. The minimum absolute atomic E-state index is 0.110. The van der Waals surface area contributed by atoms with E-state index in [2.05, 4.69) is 0 Å². The van der Waals surface area contributed by atoms with Gasteiger partial charge >= 0.3 is 0 Å². The number of nitrogens with two attached hydrogens (primary N) is 1. The van der Waals surface area contributed by atoms with Gasteiger partial charge in [-0.2, -0.15) is 0 Å². The molecule has 0 radical (unpaired) electrons. The third kappa shape index (κ3) is 3.03. The van der Waals surface area contributed by atoms with Crippen LogP contribution in [0.1, 0.15) is 30.8 Å². The van der Waals surface area contributed by atoms with Gasteiger partial charge in [-0.25, -0.2) is 0 Å². The van der Waals surface area contributed by atoms with Crippen LogP contribution in [0.3, 0.4) is 0 Å². The first-order valence-corrected chi connectivity index (χ1v) is 6.74. The maximum Gasteiger partial charge on any atom is 0.118 e. The van der Waals surface area contributed by atoms with E-state index in [0.717, 1.165) is 31.8 Å². The maximum atomic E-state index is 6.03. The highest BCUT2D eigenvalue weighted by molar-refractivity contribution is 8.00. The van der Waals surface area contributed by atoms with Crippen molar-refractivity contribution in [2.24, 2.45) is 5.73 Å². The standard InChI is InChI=1S/C12H19NO2S/c1-9(13)12(11-3-2-6-15-11)16-10-4-7-14-8-5-10/h2-3,6,9-10,12H,4-5,7-8,13H2,1H3. The predicted molar refractivity (Wildman–Crippen MR) is 66.5 cm³/mol. The van der Waals surface area contributed by atoms with Crippen molar-refractivity contribution in [1.82, 2.24) is 0 Å². The van der Waals surface area contributed by atoms with E-state index in [1.807, 2.05) is 30.8 Å². The van der Waals surface area contributed by atoms with Crippen LogP contribution < -0.4 is 5.73 Å². The van der Waals surface area contributed by atoms with Gasteiger partial charge in [-0.3, -0.25) is 0 Å². The zero-order valence-electron chi connectivity index (χ0n) is 9.59. The summed E-state index contributed by atoms with van der Waals surface area (Å²) in [6.45, 7) is 3.79. The number of furan rings is 1. The number of ether oxygens (including phenoxy) is 1. The molecule has 90 valence electrons. The molecule has 2 rings (SSSR count). The Morgan fingerprint density at radius 1 is 1.44 bits per heavy atom. The van der Waals surface area contributed by atoms with Gasteiger partial charge in [0.15, 0.2) is 0 Å². The van der Waals surface area contributed by atoms with Gasteiger partial charge in [0.1, 0.15) is 5.76 Å². The summed E-state index contributed by atoms with van der Waals surface area (Å²) < 4.78 is 10.8. The lowest BCUT2D eigenvalue weighted by Crippen LogP contribution is -2.26. The van der Waals surface area contributed by atoms with E-state index >= 15 is 0 Å². The molecule has 1 fully saturated rings. The Bertz CT molecular complexity index is 294. The summed E-state index contributed by atoms with van der Waals surface area (Å²) in [5.74, 6) is 0.992. The van der Waals surface area contributed by atoms with E-state index in [4.69, 9.17) is 14.9 Å². The molecule has 1 aromatic rings. The summed E-state index contributed by atoms with van der Waals surface area (Å²) in [5.41, 5.74) is 6.03. The molecule has 0 aromatic carbocycles. The van der Waals surface area contributed by atoms with Crippen LogP contribution in [-0.2, 0) is 4.74 Å². The Morgan fingerprint density at radius 2 is 2.19 bits per heavy atom. The quantitative estimate of drug-likeness (QED) is 0.880. The minimum Gasteiger partial charge on any atom is -0.468 e. The monoisotopic (exact) mass is 241 g/mol. The molecular weight excluding hydrogens is 222 g/mol. The summed E-state index contributed by atoms with van der Waals surface area (Å²) in [7, 11) is 0. The Kier molecular flexibility index (Phi) is 4.32. The van der Waals surface area contributed by atoms with Crippen molar-refractivity contribution < 1.29 is 9.15 Å². The van der Waals surface area contributed by atoms with Crippen molar-refractivity contribution in [2.75, 3.05) is 13.2 Å². The second-order valence-electron chi connectivity index (χ2n) is 4.24. The normalized spacial score (nSPS) is 21.9. The number of thioether (sulfide) groups is 1. The number of hydrogen-bond acceptors (Lipinski definition) is 4. The van der Waals surface area contributed by atoms with Crippen molar-refractivity contribution in [2.45, 2.75) is 36.3 Å². The fourth-order valence-electron chi connectivity index (χ4n) is 1.92. The Balaban J connectivity index is 1.97. The molecule has 1 saturated heterocycles. The Morgan fingerprint density at radius 3 is 2.75 bits per heavy atom. The summed E-state index contributed by atoms with van der Waals surface area (Å²) in [5, 5.41) is 0.910. The number of hydrogen-bond donors (Lipinski definition) is 1. The summed E-state index contributed by atoms with van der Waals surface area (Å²) in [6.07, 6.45) is 3.96. The van der Waals surface area contributed by atoms with Crippen LogP contribution in [0.4, 0.5) is 0 Å². The van der Waals surface area contributed by atoms with Gasteiger partial charge in [-0.15, -0.1) is 11.8 Å². The average Bonchev–Trinajstić information content (AvgIpc) is 2.80. The first-order valence-electron chi connectivity index (χ1n) is 5.79. The highest BCUT2D eigenvalue weighted by Crippen LogP contribution is 2.38. The number of rotatable bonds is 4. The van der Waals surface area contributed by atoms with Gasteiger partial charge in [0, 0.05) is 24.5 Å². The molecule has 3 nitrogen and oxygen atoms in total. The van der Waals surface area contributed by atoms with Gasteiger partial charge < -0.3 is 14.9 Å². The third-order valence-corrected chi connectivity index (χ3v) is 4.62. The van der Waals surface area contributed by atoms with Gasteiger partial charge in [0.25, 0.3) is 0 Å². The molecule has 0 amide bonds. The second-order valence-corrected chi connectivity index (χ2v) is 5.69. The van der Waals surface area contributed by atoms with Crippen molar-refractivity contribution in [3.05, 3.63) is 24.2 Å². The molecule has 1 aromatic heterocycles. The van der Waals surface area contributed by atoms with Gasteiger partial charge in [0.2, 0.25) is 0 Å². The molecule has 0 saturated carbocycles. The van der Waals surface area contributed by atoms with Crippen molar-refractivity contribution in [3.63, 3.8) is 0 Å². The second kappa shape index (κ2) is 5.75. The van der Waals surface area contributed by atoms with Crippen LogP contribution in [0.2, 0.25) is 0 Å². The lowest BCUT2D eigenvalue weighted by atomic mass is 10.2. The van der Waals surface area contributed by atoms with E-state index in [-0.39, 0.29) is 11.3 Å². The highest BCUT2D eigenvalue weighted by atomic mass is 32.2. The molecule has 2 unspecified atom stereocenters. The molecule has 2 heterocycles. The van der Waals surface area contributed by atoms with Crippen LogP contribution in [0.15, 0.2) is 22.8 Å². The van der Waals surface area contributed by atoms with Crippen LogP contribution in [0, 0.1) is 0 Å². The highest BCUT2D eigenvalue weighted by Gasteiger charge is 2.25. The molecule has 2 N–H and O–H groups in total. The van der Waals surface area contributed by atoms with E-state index in [9.17, 15) is 0 Å². The predicted octanol–water partition coefficient (Wildman–Crippen LogP) is 2.58. The summed E-state index contributed by atoms with van der Waals surface area (Å²) in [6, 6.07) is 4.05. The van der Waals surface area contributed by atoms with Gasteiger partial charge in [-0.1, -0.05) is 0 Å². The molecule has 1 aliphatic heterocycles. The fourth-order valence-corrected chi connectivity index (χ4v) is 3.32. The largest absolute Gasteiger partial charge is 0.468 e. The summed E-state index contributed by atoms with van der Waals surface area (Å²) >= 11 is 1.93. The van der Waals surface area contributed by atoms with Crippen molar-refractivity contribution in [3.8, 4) is 0 Å². The first kappa shape index (κ1) is 12.0.